The van der Waals surface area contributed by atoms with E-state index in [0.717, 1.165) is 0 Å². The standard InChI is InChI=1S/C10H21ClS/c1-3-4-5-6-7-8-9-12-10(2)11/h10H,3-9H2,1-2H3. The van der Waals surface area contributed by atoms with E-state index in [4.69, 9.17) is 11.6 Å². The van der Waals surface area contributed by atoms with Crippen LogP contribution in [0.5, 0.6) is 0 Å². The summed E-state index contributed by atoms with van der Waals surface area (Å²) in [6.07, 6.45) is 8.29. The normalized spacial score (nSPS) is 13.2. The van der Waals surface area contributed by atoms with Gasteiger partial charge in [-0.3, -0.25) is 0 Å². The molecule has 0 spiro atoms. The highest BCUT2D eigenvalue weighted by molar-refractivity contribution is 8.01. The van der Waals surface area contributed by atoms with Gasteiger partial charge in [0.15, 0.2) is 0 Å². The summed E-state index contributed by atoms with van der Waals surface area (Å²) >= 11 is 7.66. The summed E-state index contributed by atoms with van der Waals surface area (Å²) in [4.78, 5) is 0. The van der Waals surface area contributed by atoms with Crippen molar-refractivity contribution in [2.75, 3.05) is 5.75 Å². The fraction of sp³-hybridized carbons (Fsp3) is 1.00. The summed E-state index contributed by atoms with van der Waals surface area (Å²) in [5.41, 5.74) is 0. The van der Waals surface area contributed by atoms with E-state index < -0.39 is 0 Å². The molecule has 1 atom stereocenters. The minimum absolute atomic E-state index is 0.292. The number of hydrogen-bond acceptors (Lipinski definition) is 1. The Morgan fingerprint density at radius 1 is 1.08 bits per heavy atom. The monoisotopic (exact) mass is 208 g/mol. The van der Waals surface area contributed by atoms with Gasteiger partial charge in [-0.05, 0) is 19.1 Å². The van der Waals surface area contributed by atoms with Crippen molar-refractivity contribution in [1.29, 1.82) is 0 Å². The number of rotatable bonds is 8. The van der Waals surface area contributed by atoms with Gasteiger partial charge in [0.2, 0.25) is 0 Å². The molecule has 0 fully saturated rings. The second-order valence-corrected chi connectivity index (χ2v) is 5.54. The third-order valence-electron chi connectivity index (χ3n) is 1.85. The lowest BCUT2D eigenvalue weighted by Crippen LogP contribution is -1.87. The summed E-state index contributed by atoms with van der Waals surface area (Å²) in [5.74, 6) is 1.23. The minimum atomic E-state index is 0.292. The van der Waals surface area contributed by atoms with E-state index in [-0.39, 0.29) is 0 Å². The maximum Gasteiger partial charge on any atom is 0.0760 e. The van der Waals surface area contributed by atoms with Gasteiger partial charge in [-0.25, -0.2) is 0 Å². The second kappa shape index (κ2) is 9.73. The zero-order valence-electron chi connectivity index (χ0n) is 8.31. The van der Waals surface area contributed by atoms with Gasteiger partial charge in [0, 0.05) is 0 Å². The molecule has 0 N–H and O–H groups in total. The summed E-state index contributed by atoms with van der Waals surface area (Å²) in [6, 6.07) is 0. The van der Waals surface area contributed by atoms with Crippen molar-refractivity contribution in [3.05, 3.63) is 0 Å². The van der Waals surface area contributed by atoms with Gasteiger partial charge in [0.25, 0.3) is 0 Å². The van der Waals surface area contributed by atoms with Crippen molar-refractivity contribution in [2.24, 2.45) is 0 Å². The van der Waals surface area contributed by atoms with Crippen molar-refractivity contribution in [1.82, 2.24) is 0 Å². The Bertz CT molecular complexity index is 83.9. The van der Waals surface area contributed by atoms with Crippen molar-refractivity contribution < 1.29 is 0 Å². The molecule has 74 valence electrons. The Hall–Kier alpha value is 0.640. The Kier molecular flexibility index (Phi) is 10.2. The summed E-state index contributed by atoms with van der Waals surface area (Å²) < 4.78 is 0.292. The van der Waals surface area contributed by atoms with Crippen LogP contribution in [0.4, 0.5) is 0 Å². The first kappa shape index (κ1) is 12.6. The SMILES string of the molecule is CCCCCCCCSC(C)Cl. The Balaban J connectivity index is 2.82. The van der Waals surface area contributed by atoms with Crippen LogP contribution in [0.3, 0.4) is 0 Å². The van der Waals surface area contributed by atoms with Crippen molar-refractivity contribution in [2.45, 2.75) is 57.1 Å². The lowest BCUT2D eigenvalue weighted by atomic mass is 10.1. The van der Waals surface area contributed by atoms with E-state index in [0.29, 0.717) is 4.71 Å². The second-order valence-electron chi connectivity index (χ2n) is 3.18. The predicted molar refractivity (Wildman–Crippen MR) is 61.1 cm³/mol. The van der Waals surface area contributed by atoms with Crippen LogP contribution in [0.2, 0.25) is 0 Å². The molecule has 0 amide bonds. The highest BCUT2D eigenvalue weighted by Gasteiger charge is 1.95. The molecule has 2 heteroatoms. The van der Waals surface area contributed by atoms with Gasteiger partial charge in [-0.1, -0.05) is 39.0 Å². The molecule has 0 radical (unpaired) electrons. The van der Waals surface area contributed by atoms with Gasteiger partial charge in [0.05, 0.1) is 4.71 Å². The minimum Gasteiger partial charge on any atom is -0.143 e. The van der Waals surface area contributed by atoms with Crippen molar-refractivity contribution in [3.63, 3.8) is 0 Å². The molecule has 0 heterocycles. The Labute approximate surface area is 86.5 Å². The molecule has 0 aliphatic rings. The van der Waals surface area contributed by atoms with E-state index in [9.17, 15) is 0 Å². The molecule has 0 saturated heterocycles. The first-order valence-electron chi connectivity index (χ1n) is 5.03. The van der Waals surface area contributed by atoms with Gasteiger partial charge < -0.3 is 0 Å². The lowest BCUT2D eigenvalue weighted by molar-refractivity contribution is 0.627. The van der Waals surface area contributed by atoms with Crippen LogP contribution in [0.25, 0.3) is 0 Å². The Morgan fingerprint density at radius 3 is 2.25 bits per heavy atom. The predicted octanol–water partition coefficient (Wildman–Crippen LogP) is 4.66. The number of unbranched alkanes of at least 4 members (excludes halogenated alkanes) is 5. The molecule has 0 aromatic rings. The molecular weight excluding hydrogens is 188 g/mol. The topological polar surface area (TPSA) is 0 Å². The molecule has 12 heavy (non-hydrogen) atoms. The average Bonchev–Trinajstić information content (AvgIpc) is 2.02. The lowest BCUT2D eigenvalue weighted by Gasteiger charge is -2.02. The molecular formula is C10H21ClS. The number of hydrogen-bond donors (Lipinski definition) is 0. The number of alkyl halides is 1. The van der Waals surface area contributed by atoms with Gasteiger partial charge in [0.1, 0.15) is 0 Å². The molecule has 0 saturated carbocycles. The van der Waals surface area contributed by atoms with E-state index in [1.807, 2.05) is 18.7 Å². The zero-order valence-corrected chi connectivity index (χ0v) is 9.89. The summed E-state index contributed by atoms with van der Waals surface area (Å²) in [5, 5.41) is 0. The molecule has 1 unspecified atom stereocenters. The molecule has 0 aromatic carbocycles. The molecule has 0 aromatic heterocycles. The van der Waals surface area contributed by atoms with Crippen LogP contribution in [0.1, 0.15) is 52.4 Å². The van der Waals surface area contributed by atoms with Crippen LogP contribution < -0.4 is 0 Å². The summed E-state index contributed by atoms with van der Waals surface area (Å²) in [6.45, 7) is 4.30. The molecule has 0 aliphatic heterocycles. The maximum absolute atomic E-state index is 5.80. The van der Waals surface area contributed by atoms with Crippen LogP contribution in [-0.4, -0.2) is 10.5 Å². The van der Waals surface area contributed by atoms with E-state index >= 15 is 0 Å². The summed E-state index contributed by atoms with van der Waals surface area (Å²) in [7, 11) is 0. The van der Waals surface area contributed by atoms with Crippen LogP contribution in [0, 0.1) is 0 Å². The highest BCUT2D eigenvalue weighted by atomic mass is 35.5. The Morgan fingerprint density at radius 2 is 1.67 bits per heavy atom. The van der Waals surface area contributed by atoms with E-state index in [2.05, 4.69) is 6.92 Å². The first-order chi connectivity index (χ1) is 5.77. The quantitative estimate of drug-likeness (QED) is 0.413. The fourth-order valence-electron chi connectivity index (χ4n) is 1.13. The van der Waals surface area contributed by atoms with E-state index in [1.165, 1.54) is 44.3 Å². The number of halogens is 1. The van der Waals surface area contributed by atoms with Gasteiger partial charge in [-0.15, -0.1) is 23.4 Å². The molecule has 0 rings (SSSR count). The van der Waals surface area contributed by atoms with Gasteiger partial charge >= 0.3 is 0 Å². The van der Waals surface area contributed by atoms with Crippen molar-refractivity contribution >= 4 is 23.4 Å². The zero-order chi connectivity index (χ0) is 9.23. The smallest absolute Gasteiger partial charge is 0.0760 e. The van der Waals surface area contributed by atoms with Gasteiger partial charge in [-0.2, -0.15) is 0 Å². The first-order valence-corrected chi connectivity index (χ1v) is 6.51. The number of thioether (sulfide) groups is 1. The highest BCUT2D eigenvalue weighted by Crippen LogP contribution is 2.16. The maximum atomic E-state index is 5.80. The van der Waals surface area contributed by atoms with Crippen LogP contribution in [-0.2, 0) is 0 Å². The molecule has 0 nitrogen and oxygen atoms in total. The fourth-order valence-corrected chi connectivity index (χ4v) is 2.09. The van der Waals surface area contributed by atoms with Crippen molar-refractivity contribution in [3.8, 4) is 0 Å². The van der Waals surface area contributed by atoms with Crippen LogP contribution >= 0.6 is 23.4 Å². The third kappa shape index (κ3) is 10.6. The molecule has 0 bridgehead atoms. The largest absolute Gasteiger partial charge is 0.143 e. The molecule has 0 aliphatic carbocycles. The third-order valence-corrected chi connectivity index (χ3v) is 3.21. The van der Waals surface area contributed by atoms with Crippen LogP contribution in [0.15, 0.2) is 0 Å². The average molecular weight is 209 g/mol. The van der Waals surface area contributed by atoms with E-state index in [1.54, 1.807) is 0 Å².